The molecule has 1 unspecified atom stereocenters. The zero-order valence-corrected chi connectivity index (χ0v) is 13.4. The van der Waals surface area contributed by atoms with Gasteiger partial charge in [0.25, 0.3) is 5.91 Å². The standard InChI is InChI=1S/C15H20N2O4S/c1-3-13(18)16-11-6-4-5-10(9-11)14(19)17-12(15(20)21)7-8-22-2/h4-6,9,12H,3,7-8H2,1-2H3,(H,16,18)(H,17,19)(H,20,21). The van der Waals surface area contributed by atoms with Crippen LogP contribution in [0.2, 0.25) is 0 Å². The number of carbonyl (C=O) groups is 3. The second-order valence-corrected chi connectivity index (χ2v) is 5.61. The Bertz CT molecular complexity index is 548. The minimum Gasteiger partial charge on any atom is -0.480 e. The zero-order chi connectivity index (χ0) is 16.5. The fraction of sp³-hybridized carbons (Fsp3) is 0.400. The van der Waals surface area contributed by atoms with E-state index >= 15 is 0 Å². The Morgan fingerprint density at radius 3 is 2.64 bits per heavy atom. The number of thioether (sulfide) groups is 1. The highest BCUT2D eigenvalue weighted by Gasteiger charge is 2.20. The van der Waals surface area contributed by atoms with Crippen LogP contribution in [0.1, 0.15) is 30.1 Å². The SMILES string of the molecule is CCC(=O)Nc1cccc(C(=O)NC(CCSC)C(=O)O)c1. The van der Waals surface area contributed by atoms with E-state index in [1.165, 1.54) is 17.8 Å². The molecule has 0 spiro atoms. The predicted molar refractivity (Wildman–Crippen MR) is 87.3 cm³/mol. The molecule has 6 nitrogen and oxygen atoms in total. The van der Waals surface area contributed by atoms with Crippen LogP contribution in [0.5, 0.6) is 0 Å². The molecule has 120 valence electrons. The summed E-state index contributed by atoms with van der Waals surface area (Å²) in [7, 11) is 0. The molecule has 1 rings (SSSR count). The summed E-state index contributed by atoms with van der Waals surface area (Å²) in [5.74, 6) is -1.04. The second kappa shape index (κ2) is 9.09. The quantitative estimate of drug-likeness (QED) is 0.679. The smallest absolute Gasteiger partial charge is 0.326 e. The van der Waals surface area contributed by atoms with Crippen LogP contribution in [0.3, 0.4) is 0 Å². The van der Waals surface area contributed by atoms with Crippen molar-refractivity contribution in [1.82, 2.24) is 5.32 Å². The number of anilines is 1. The summed E-state index contributed by atoms with van der Waals surface area (Å²) < 4.78 is 0. The van der Waals surface area contributed by atoms with Gasteiger partial charge in [-0.05, 0) is 36.6 Å². The molecule has 0 aliphatic heterocycles. The number of rotatable bonds is 8. The van der Waals surface area contributed by atoms with Crippen molar-refractivity contribution in [3.8, 4) is 0 Å². The Kier molecular flexibility index (Phi) is 7.45. The summed E-state index contributed by atoms with van der Waals surface area (Å²) in [4.78, 5) is 34.6. The van der Waals surface area contributed by atoms with Gasteiger partial charge in [-0.15, -0.1) is 0 Å². The van der Waals surface area contributed by atoms with Crippen molar-refractivity contribution in [3.63, 3.8) is 0 Å². The first-order valence-electron chi connectivity index (χ1n) is 6.90. The van der Waals surface area contributed by atoms with Crippen molar-refractivity contribution >= 4 is 35.2 Å². The van der Waals surface area contributed by atoms with Crippen LogP contribution in [-0.2, 0) is 9.59 Å². The lowest BCUT2D eigenvalue weighted by atomic mass is 10.1. The van der Waals surface area contributed by atoms with Crippen molar-refractivity contribution in [2.24, 2.45) is 0 Å². The van der Waals surface area contributed by atoms with Gasteiger partial charge >= 0.3 is 5.97 Å². The van der Waals surface area contributed by atoms with E-state index in [0.717, 1.165) is 0 Å². The molecule has 0 aliphatic carbocycles. The second-order valence-electron chi connectivity index (χ2n) is 4.63. The van der Waals surface area contributed by atoms with Gasteiger partial charge in [0, 0.05) is 17.7 Å². The number of nitrogens with one attached hydrogen (secondary N) is 2. The van der Waals surface area contributed by atoms with E-state index in [4.69, 9.17) is 5.11 Å². The summed E-state index contributed by atoms with van der Waals surface area (Å²) >= 11 is 1.52. The highest BCUT2D eigenvalue weighted by atomic mass is 32.2. The van der Waals surface area contributed by atoms with Crippen molar-refractivity contribution in [3.05, 3.63) is 29.8 Å². The molecule has 1 aromatic rings. The first-order chi connectivity index (χ1) is 10.5. The molecule has 7 heteroatoms. The first kappa shape index (κ1) is 18.0. The molecule has 0 bridgehead atoms. The fourth-order valence-corrected chi connectivity index (χ4v) is 2.19. The van der Waals surface area contributed by atoms with Gasteiger partial charge in [-0.2, -0.15) is 11.8 Å². The number of benzene rings is 1. The minimum atomic E-state index is -1.06. The number of amides is 2. The summed E-state index contributed by atoms with van der Waals surface area (Å²) in [6.45, 7) is 1.73. The van der Waals surface area contributed by atoms with E-state index in [1.807, 2.05) is 6.26 Å². The van der Waals surface area contributed by atoms with Gasteiger partial charge in [-0.25, -0.2) is 4.79 Å². The summed E-state index contributed by atoms with van der Waals surface area (Å²) in [5, 5.41) is 14.3. The number of aliphatic carboxylic acids is 1. The van der Waals surface area contributed by atoms with E-state index in [9.17, 15) is 14.4 Å². The summed E-state index contributed by atoms with van der Waals surface area (Å²) in [6, 6.07) is 5.49. The van der Waals surface area contributed by atoms with Crippen LogP contribution >= 0.6 is 11.8 Å². The monoisotopic (exact) mass is 324 g/mol. The summed E-state index contributed by atoms with van der Waals surface area (Å²) in [5.41, 5.74) is 0.819. The van der Waals surface area contributed by atoms with Crippen LogP contribution < -0.4 is 10.6 Å². The third-order valence-corrected chi connectivity index (χ3v) is 3.59. The van der Waals surface area contributed by atoms with Crippen LogP contribution in [0.25, 0.3) is 0 Å². The molecule has 0 saturated heterocycles. The molecule has 0 aliphatic rings. The highest BCUT2D eigenvalue weighted by molar-refractivity contribution is 7.98. The third-order valence-electron chi connectivity index (χ3n) is 2.94. The average molecular weight is 324 g/mol. The van der Waals surface area contributed by atoms with Gasteiger partial charge in [0.2, 0.25) is 5.91 Å². The molecular weight excluding hydrogens is 304 g/mol. The number of carboxylic acids is 1. The van der Waals surface area contributed by atoms with Crippen molar-refractivity contribution in [2.75, 3.05) is 17.3 Å². The van der Waals surface area contributed by atoms with Gasteiger partial charge in [0.1, 0.15) is 6.04 Å². The van der Waals surface area contributed by atoms with Crippen molar-refractivity contribution in [2.45, 2.75) is 25.8 Å². The maximum absolute atomic E-state index is 12.1. The number of carbonyl (C=O) groups excluding carboxylic acids is 2. The lowest BCUT2D eigenvalue weighted by Crippen LogP contribution is -2.41. The maximum atomic E-state index is 12.1. The Balaban J connectivity index is 2.77. The van der Waals surface area contributed by atoms with Crippen LogP contribution in [0, 0.1) is 0 Å². The molecule has 0 radical (unpaired) electrons. The van der Waals surface area contributed by atoms with Crippen LogP contribution in [0.15, 0.2) is 24.3 Å². The largest absolute Gasteiger partial charge is 0.480 e. The number of hydrogen-bond donors (Lipinski definition) is 3. The third kappa shape index (κ3) is 5.77. The van der Waals surface area contributed by atoms with E-state index in [1.54, 1.807) is 25.1 Å². The molecule has 1 aromatic carbocycles. The van der Waals surface area contributed by atoms with Gasteiger partial charge < -0.3 is 15.7 Å². The minimum absolute atomic E-state index is 0.152. The molecular formula is C15H20N2O4S. The number of hydrogen-bond acceptors (Lipinski definition) is 4. The Hall–Kier alpha value is -2.02. The molecule has 2 amide bonds. The highest BCUT2D eigenvalue weighted by Crippen LogP contribution is 2.12. The molecule has 0 aromatic heterocycles. The van der Waals surface area contributed by atoms with Crippen molar-refractivity contribution in [1.29, 1.82) is 0 Å². The molecule has 3 N–H and O–H groups in total. The molecule has 22 heavy (non-hydrogen) atoms. The molecule has 1 atom stereocenters. The van der Waals surface area contributed by atoms with E-state index in [2.05, 4.69) is 10.6 Å². The van der Waals surface area contributed by atoms with E-state index in [0.29, 0.717) is 29.8 Å². The van der Waals surface area contributed by atoms with Gasteiger partial charge in [-0.3, -0.25) is 9.59 Å². The Morgan fingerprint density at radius 2 is 2.05 bits per heavy atom. The van der Waals surface area contributed by atoms with Gasteiger partial charge in [0.05, 0.1) is 0 Å². The Labute approximate surface area is 133 Å². The van der Waals surface area contributed by atoms with Crippen LogP contribution in [-0.4, -0.2) is 40.9 Å². The van der Waals surface area contributed by atoms with Crippen molar-refractivity contribution < 1.29 is 19.5 Å². The molecule has 0 heterocycles. The average Bonchev–Trinajstić information content (AvgIpc) is 2.51. The van der Waals surface area contributed by atoms with E-state index in [-0.39, 0.29) is 5.91 Å². The summed E-state index contributed by atoms with van der Waals surface area (Å²) in [6.07, 6.45) is 2.57. The normalized spacial score (nSPS) is 11.5. The number of carboxylic acid groups (broad SMARTS) is 1. The van der Waals surface area contributed by atoms with Crippen LogP contribution in [0.4, 0.5) is 5.69 Å². The van der Waals surface area contributed by atoms with E-state index < -0.39 is 17.9 Å². The topological polar surface area (TPSA) is 95.5 Å². The van der Waals surface area contributed by atoms with Gasteiger partial charge in [0.15, 0.2) is 0 Å². The lowest BCUT2D eigenvalue weighted by molar-refractivity contribution is -0.139. The molecule has 0 fully saturated rings. The predicted octanol–water partition coefficient (Wildman–Crippen LogP) is 1.97. The zero-order valence-electron chi connectivity index (χ0n) is 12.6. The Morgan fingerprint density at radius 1 is 1.32 bits per heavy atom. The maximum Gasteiger partial charge on any atom is 0.326 e. The molecule has 0 saturated carbocycles. The van der Waals surface area contributed by atoms with Gasteiger partial charge in [-0.1, -0.05) is 13.0 Å². The lowest BCUT2D eigenvalue weighted by Gasteiger charge is -2.14. The fourth-order valence-electron chi connectivity index (χ4n) is 1.72. The first-order valence-corrected chi connectivity index (χ1v) is 8.29.